The van der Waals surface area contributed by atoms with Crippen LogP contribution in [0.4, 0.5) is 0 Å². The van der Waals surface area contributed by atoms with Gasteiger partial charge >= 0.3 is 0 Å². The van der Waals surface area contributed by atoms with Crippen LogP contribution >= 0.6 is 0 Å². The number of hydrogen-bond donors (Lipinski definition) is 1. The van der Waals surface area contributed by atoms with Crippen molar-refractivity contribution in [1.82, 2.24) is 5.32 Å². The molecule has 1 N–H and O–H groups in total. The molecule has 1 aromatic rings. The van der Waals surface area contributed by atoms with E-state index in [1.165, 1.54) is 58.0 Å². The fourth-order valence-corrected chi connectivity index (χ4v) is 3.83. The van der Waals surface area contributed by atoms with E-state index in [2.05, 4.69) is 29.6 Å². The van der Waals surface area contributed by atoms with E-state index in [0.717, 1.165) is 11.8 Å². The van der Waals surface area contributed by atoms with E-state index in [-0.39, 0.29) is 0 Å². The van der Waals surface area contributed by atoms with Gasteiger partial charge in [-0.2, -0.15) is 0 Å². The molecular weight excluding hydrogens is 218 g/mol. The molecule has 2 atom stereocenters. The zero-order valence-corrected chi connectivity index (χ0v) is 11.3. The van der Waals surface area contributed by atoms with Crippen LogP contribution in [0.25, 0.3) is 0 Å². The first-order chi connectivity index (χ1) is 8.93. The van der Waals surface area contributed by atoms with Gasteiger partial charge < -0.3 is 5.32 Å². The highest BCUT2D eigenvalue weighted by Gasteiger charge is 2.23. The molecule has 1 heterocycles. The molecule has 0 radical (unpaired) electrons. The van der Waals surface area contributed by atoms with Crippen molar-refractivity contribution in [2.24, 2.45) is 5.92 Å². The van der Waals surface area contributed by atoms with Crippen LogP contribution in [0, 0.1) is 5.92 Å². The third-order valence-corrected chi connectivity index (χ3v) is 4.81. The molecule has 1 heteroatoms. The van der Waals surface area contributed by atoms with Gasteiger partial charge in [-0.3, -0.25) is 0 Å². The second-order valence-electron chi connectivity index (χ2n) is 6.07. The molecule has 0 spiro atoms. The van der Waals surface area contributed by atoms with Crippen molar-refractivity contribution in [3.8, 4) is 0 Å². The SMILES string of the molecule is c1ccc2c(c1)CCCC2CC1CCCNCC1. The van der Waals surface area contributed by atoms with E-state index in [4.69, 9.17) is 0 Å². The molecule has 1 nitrogen and oxygen atoms in total. The van der Waals surface area contributed by atoms with Crippen molar-refractivity contribution in [1.29, 1.82) is 0 Å². The van der Waals surface area contributed by atoms with Gasteiger partial charge in [-0.05, 0) is 81.0 Å². The minimum absolute atomic E-state index is 0.845. The van der Waals surface area contributed by atoms with Gasteiger partial charge in [0.05, 0.1) is 0 Å². The highest BCUT2D eigenvalue weighted by Crippen LogP contribution is 2.37. The summed E-state index contributed by atoms with van der Waals surface area (Å²) in [5.74, 6) is 1.80. The summed E-state index contributed by atoms with van der Waals surface area (Å²) in [7, 11) is 0. The summed E-state index contributed by atoms with van der Waals surface area (Å²) in [5, 5.41) is 3.53. The van der Waals surface area contributed by atoms with Crippen molar-refractivity contribution >= 4 is 0 Å². The standard InChI is InChI=1S/C17H25N/c1-2-9-17-15(6-1)7-3-8-16(17)13-14-5-4-11-18-12-10-14/h1-2,6,9,14,16,18H,3-5,7-8,10-13H2. The Labute approximate surface area is 111 Å². The van der Waals surface area contributed by atoms with Crippen molar-refractivity contribution in [3.05, 3.63) is 35.4 Å². The van der Waals surface area contributed by atoms with Gasteiger partial charge in [-0.25, -0.2) is 0 Å². The molecule has 0 amide bonds. The topological polar surface area (TPSA) is 12.0 Å². The maximum Gasteiger partial charge on any atom is -0.00463 e. The van der Waals surface area contributed by atoms with Crippen molar-refractivity contribution in [3.63, 3.8) is 0 Å². The summed E-state index contributed by atoms with van der Waals surface area (Å²) in [4.78, 5) is 0. The lowest BCUT2D eigenvalue weighted by Gasteiger charge is -2.28. The fourth-order valence-electron chi connectivity index (χ4n) is 3.83. The van der Waals surface area contributed by atoms with Crippen LogP contribution in [0.5, 0.6) is 0 Å². The lowest BCUT2D eigenvalue weighted by molar-refractivity contribution is 0.373. The van der Waals surface area contributed by atoms with Crippen LogP contribution in [0.1, 0.15) is 55.6 Å². The minimum Gasteiger partial charge on any atom is -0.317 e. The van der Waals surface area contributed by atoms with Crippen LogP contribution < -0.4 is 5.32 Å². The maximum atomic E-state index is 3.53. The first-order valence-corrected chi connectivity index (χ1v) is 7.72. The highest BCUT2D eigenvalue weighted by atomic mass is 14.8. The number of benzene rings is 1. The Balaban J connectivity index is 1.69. The van der Waals surface area contributed by atoms with Gasteiger partial charge in [0.25, 0.3) is 0 Å². The van der Waals surface area contributed by atoms with E-state index in [1.54, 1.807) is 11.1 Å². The largest absolute Gasteiger partial charge is 0.317 e. The average Bonchev–Trinajstić information content (AvgIpc) is 2.68. The molecule has 2 aliphatic rings. The molecule has 1 fully saturated rings. The maximum absolute atomic E-state index is 3.53. The van der Waals surface area contributed by atoms with Gasteiger partial charge in [0, 0.05) is 0 Å². The number of nitrogens with one attached hydrogen (secondary N) is 1. The molecule has 1 aliphatic carbocycles. The lowest BCUT2D eigenvalue weighted by atomic mass is 9.77. The summed E-state index contributed by atoms with van der Waals surface area (Å²) < 4.78 is 0. The first-order valence-electron chi connectivity index (χ1n) is 7.72. The molecule has 0 bridgehead atoms. The molecule has 98 valence electrons. The van der Waals surface area contributed by atoms with E-state index in [1.807, 2.05) is 0 Å². The highest BCUT2D eigenvalue weighted by molar-refractivity contribution is 5.32. The minimum atomic E-state index is 0.845. The van der Waals surface area contributed by atoms with Crippen molar-refractivity contribution in [2.45, 2.75) is 50.9 Å². The lowest BCUT2D eigenvalue weighted by Crippen LogP contribution is -2.16. The van der Waals surface area contributed by atoms with Gasteiger partial charge in [0.2, 0.25) is 0 Å². The molecular formula is C17H25N. The molecule has 0 aromatic heterocycles. The molecule has 2 unspecified atom stereocenters. The zero-order chi connectivity index (χ0) is 12.2. The van der Waals surface area contributed by atoms with Crippen molar-refractivity contribution < 1.29 is 0 Å². The van der Waals surface area contributed by atoms with Crippen molar-refractivity contribution in [2.75, 3.05) is 13.1 Å². The molecule has 18 heavy (non-hydrogen) atoms. The second kappa shape index (κ2) is 5.88. The summed E-state index contributed by atoms with van der Waals surface area (Å²) >= 11 is 0. The Morgan fingerprint density at radius 2 is 1.94 bits per heavy atom. The van der Waals surface area contributed by atoms with Crippen LogP contribution in [0.2, 0.25) is 0 Å². The Morgan fingerprint density at radius 3 is 2.94 bits per heavy atom. The van der Waals surface area contributed by atoms with Crippen LogP contribution in [-0.2, 0) is 6.42 Å². The predicted molar refractivity (Wildman–Crippen MR) is 76.9 cm³/mol. The molecule has 1 aliphatic heterocycles. The van der Waals surface area contributed by atoms with Gasteiger partial charge in [-0.1, -0.05) is 24.3 Å². The summed E-state index contributed by atoms with van der Waals surface area (Å²) in [6, 6.07) is 9.16. The molecule has 1 aromatic carbocycles. The molecule has 0 saturated carbocycles. The van der Waals surface area contributed by atoms with Crippen LogP contribution in [0.15, 0.2) is 24.3 Å². The summed E-state index contributed by atoms with van der Waals surface area (Å²) in [6.45, 7) is 2.47. The monoisotopic (exact) mass is 243 g/mol. The van der Waals surface area contributed by atoms with E-state index >= 15 is 0 Å². The van der Waals surface area contributed by atoms with Crippen LogP contribution in [-0.4, -0.2) is 13.1 Å². The summed E-state index contributed by atoms with van der Waals surface area (Å²) in [5.41, 5.74) is 3.29. The normalized spacial score (nSPS) is 28.4. The van der Waals surface area contributed by atoms with Gasteiger partial charge in [0.1, 0.15) is 0 Å². The second-order valence-corrected chi connectivity index (χ2v) is 6.07. The Bertz CT molecular complexity index is 377. The molecule has 3 rings (SSSR count). The van der Waals surface area contributed by atoms with E-state index in [9.17, 15) is 0 Å². The fraction of sp³-hybridized carbons (Fsp3) is 0.647. The van der Waals surface area contributed by atoms with Gasteiger partial charge in [-0.15, -0.1) is 0 Å². The number of hydrogen-bond acceptors (Lipinski definition) is 1. The van der Waals surface area contributed by atoms with Crippen LogP contribution in [0.3, 0.4) is 0 Å². The Hall–Kier alpha value is -0.820. The zero-order valence-electron chi connectivity index (χ0n) is 11.3. The third-order valence-electron chi connectivity index (χ3n) is 4.81. The predicted octanol–water partition coefficient (Wildman–Crippen LogP) is 3.89. The van der Waals surface area contributed by atoms with Gasteiger partial charge in [0.15, 0.2) is 0 Å². The smallest absolute Gasteiger partial charge is 0.00463 e. The van der Waals surface area contributed by atoms with E-state index < -0.39 is 0 Å². The Kier molecular flexibility index (Phi) is 3.99. The Morgan fingerprint density at radius 1 is 1.00 bits per heavy atom. The number of fused-ring (bicyclic) bond motifs is 1. The summed E-state index contributed by atoms with van der Waals surface area (Å²) in [6.07, 6.45) is 9.74. The number of aryl methyl sites for hydroxylation is 1. The first kappa shape index (κ1) is 12.2. The quantitative estimate of drug-likeness (QED) is 0.831. The molecule has 1 saturated heterocycles. The number of rotatable bonds is 2. The average molecular weight is 243 g/mol. The van der Waals surface area contributed by atoms with E-state index in [0.29, 0.717) is 0 Å². The third kappa shape index (κ3) is 2.77.